The van der Waals surface area contributed by atoms with Crippen LogP contribution in [-0.4, -0.2) is 34.9 Å². The van der Waals surface area contributed by atoms with E-state index in [9.17, 15) is 14.7 Å². The summed E-state index contributed by atoms with van der Waals surface area (Å²) in [6, 6.07) is 10.3. The summed E-state index contributed by atoms with van der Waals surface area (Å²) >= 11 is 5.93. The van der Waals surface area contributed by atoms with Crippen molar-refractivity contribution in [2.75, 3.05) is 18.4 Å². The topological polar surface area (TPSA) is 69.6 Å². The van der Waals surface area contributed by atoms with Crippen LogP contribution in [0, 0.1) is 19.8 Å². The minimum Gasteiger partial charge on any atom is -0.506 e. The number of benzene rings is 2. The second-order valence-electron chi connectivity index (χ2n) is 7.12. The molecule has 27 heavy (non-hydrogen) atoms. The Kier molecular flexibility index (Phi) is 5.71. The fraction of sp³-hybridized carbons (Fsp3) is 0.333. The molecule has 1 aliphatic heterocycles. The van der Waals surface area contributed by atoms with E-state index in [0.717, 1.165) is 17.5 Å². The number of hydrogen-bond donors (Lipinski definition) is 2. The molecule has 0 spiro atoms. The van der Waals surface area contributed by atoms with Crippen LogP contribution >= 0.6 is 11.6 Å². The van der Waals surface area contributed by atoms with Crippen molar-refractivity contribution in [2.45, 2.75) is 26.7 Å². The van der Waals surface area contributed by atoms with Gasteiger partial charge in [-0.1, -0.05) is 28.8 Å². The van der Waals surface area contributed by atoms with Crippen molar-refractivity contribution >= 4 is 29.1 Å². The second-order valence-corrected chi connectivity index (χ2v) is 7.55. The molecule has 2 aromatic rings. The van der Waals surface area contributed by atoms with Crippen LogP contribution in [0.1, 0.15) is 34.3 Å². The van der Waals surface area contributed by atoms with E-state index in [1.54, 1.807) is 11.0 Å². The molecule has 0 aromatic heterocycles. The Morgan fingerprint density at radius 1 is 1.15 bits per heavy atom. The van der Waals surface area contributed by atoms with Gasteiger partial charge in [0.15, 0.2) is 0 Å². The van der Waals surface area contributed by atoms with Crippen molar-refractivity contribution in [3.8, 4) is 5.75 Å². The second kappa shape index (κ2) is 8.01. The third kappa shape index (κ3) is 4.61. The number of phenolic OH excluding ortho intramolecular Hbond substituents is 1. The third-order valence-electron chi connectivity index (χ3n) is 4.76. The van der Waals surface area contributed by atoms with Crippen molar-refractivity contribution in [3.05, 3.63) is 58.1 Å². The van der Waals surface area contributed by atoms with Crippen LogP contribution in [0.2, 0.25) is 5.02 Å². The van der Waals surface area contributed by atoms with E-state index in [1.807, 2.05) is 32.0 Å². The van der Waals surface area contributed by atoms with Gasteiger partial charge in [-0.05, 0) is 57.0 Å². The first-order chi connectivity index (χ1) is 12.8. The molecular formula is C21H23ClN2O3. The van der Waals surface area contributed by atoms with Crippen LogP contribution < -0.4 is 5.32 Å². The van der Waals surface area contributed by atoms with E-state index < -0.39 is 0 Å². The largest absolute Gasteiger partial charge is 0.506 e. The predicted molar refractivity (Wildman–Crippen MR) is 106 cm³/mol. The highest BCUT2D eigenvalue weighted by atomic mass is 35.5. The highest BCUT2D eigenvalue weighted by molar-refractivity contribution is 6.31. The Bertz CT molecular complexity index is 861. The van der Waals surface area contributed by atoms with Gasteiger partial charge in [0.1, 0.15) is 5.75 Å². The predicted octanol–water partition coefficient (Wildman–Crippen LogP) is 4.15. The van der Waals surface area contributed by atoms with Gasteiger partial charge in [0.25, 0.3) is 5.91 Å². The molecule has 1 fully saturated rings. The Labute approximate surface area is 163 Å². The molecule has 0 bridgehead atoms. The quantitative estimate of drug-likeness (QED) is 0.778. The molecule has 0 saturated carbocycles. The summed E-state index contributed by atoms with van der Waals surface area (Å²) in [5.41, 5.74) is 3.02. The van der Waals surface area contributed by atoms with Gasteiger partial charge >= 0.3 is 0 Å². The molecule has 2 N–H and O–H groups in total. The summed E-state index contributed by atoms with van der Waals surface area (Å²) in [6.45, 7) is 4.93. The van der Waals surface area contributed by atoms with Gasteiger partial charge < -0.3 is 15.3 Å². The van der Waals surface area contributed by atoms with Crippen LogP contribution in [0.4, 0.5) is 5.69 Å². The van der Waals surface area contributed by atoms with Crippen LogP contribution in [-0.2, 0) is 4.79 Å². The van der Waals surface area contributed by atoms with Crippen LogP contribution in [0.5, 0.6) is 5.75 Å². The Morgan fingerprint density at radius 3 is 2.56 bits per heavy atom. The summed E-state index contributed by atoms with van der Waals surface area (Å²) in [4.78, 5) is 27.2. The average Bonchev–Trinajstić information content (AvgIpc) is 2.63. The molecule has 5 nitrogen and oxygen atoms in total. The van der Waals surface area contributed by atoms with Gasteiger partial charge in [-0.25, -0.2) is 0 Å². The first-order valence-electron chi connectivity index (χ1n) is 9.00. The minimum absolute atomic E-state index is 0.0354. The first kappa shape index (κ1) is 19.2. The van der Waals surface area contributed by atoms with Crippen LogP contribution in [0.3, 0.4) is 0 Å². The lowest BCUT2D eigenvalue weighted by molar-refractivity contribution is -0.121. The van der Waals surface area contributed by atoms with Gasteiger partial charge in [-0.2, -0.15) is 0 Å². The summed E-state index contributed by atoms with van der Waals surface area (Å²) in [7, 11) is 0. The van der Waals surface area contributed by atoms with E-state index >= 15 is 0 Å². The molecule has 1 saturated heterocycles. The third-order valence-corrected chi connectivity index (χ3v) is 5.00. The molecule has 1 unspecified atom stereocenters. The molecular weight excluding hydrogens is 364 g/mol. The zero-order valence-electron chi connectivity index (χ0n) is 15.5. The number of likely N-dealkylation sites (tertiary alicyclic amines) is 1. The lowest BCUT2D eigenvalue weighted by Gasteiger charge is -2.32. The van der Waals surface area contributed by atoms with E-state index in [4.69, 9.17) is 11.6 Å². The van der Waals surface area contributed by atoms with Gasteiger partial charge in [-0.3, -0.25) is 9.59 Å². The number of halogens is 1. The first-order valence-corrected chi connectivity index (χ1v) is 9.38. The minimum atomic E-state index is -0.327. The number of amides is 2. The number of nitrogens with zero attached hydrogens (tertiary/aromatic N) is 1. The summed E-state index contributed by atoms with van der Waals surface area (Å²) < 4.78 is 0. The number of nitrogens with one attached hydrogen (secondary N) is 1. The number of hydrogen-bond acceptors (Lipinski definition) is 3. The van der Waals surface area contributed by atoms with E-state index in [0.29, 0.717) is 30.1 Å². The summed E-state index contributed by atoms with van der Waals surface area (Å²) in [5, 5.41) is 13.0. The van der Waals surface area contributed by atoms with Crippen molar-refractivity contribution < 1.29 is 14.7 Å². The van der Waals surface area contributed by atoms with Gasteiger partial charge in [-0.15, -0.1) is 0 Å². The number of rotatable bonds is 3. The zero-order valence-corrected chi connectivity index (χ0v) is 16.2. The monoisotopic (exact) mass is 386 g/mol. The highest BCUT2D eigenvalue weighted by Crippen LogP contribution is 2.28. The van der Waals surface area contributed by atoms with Crippen molar-refractivity contribution in [2.24, 2.45) is 5.92 Å². The maximum Gasteiger partial charge on any atom is 0.253 e. The van der Waals surface area contributed by atoms with E-state index in [1.165, 1.54) is 12.1 Å². The maximum absolute atomic E-state index is 12.9. The molecule has 2 amide bonds. The maximum atomic E-state index is 12.9. The standard InChI is InChI=1S/C21H23ClN2O3/c1-13-8-14(2)10-16(9-13)21(27)24-7-3-4-15(12-24)20(26)23-18-11-17(22)5-6-19(18)25/h5-6,8-11,15,25H,3-4,7,12H2,1-2H3,(H,23,26). The molecule has 1 aliphatic rings. The zero-order chi connectivity index (χ0) is 19.6. The number of aromatic hydroxyl groups is 1. The van der Waals surface area contributed by atoms with Crippen LogP contribution in [0.25, 0.3) is 0 Å². The van der Waals surface area contributed by atoms with Crippen LogP contribution in [0.15, 0.2) is 36.4 Å². The Balaban J connectivity index is 1.70. The number of anilines is 1. The fourth-order valence-electron chi connectivity index (χ4n) is 3.50. The molecule has 0 aliphatic carbocycles. The smallest absolute Gasteiger partial charge is 0.253 e. The van der Waals surface area contributed by atoms with E-state index in [2.05, 4.69) is 5.32 Å². The summed E-state index contributed by atoms with van der Waals surface area (Å²) in [6.07, 6.45) is 1.46. The Hall–Kier alpha value is -2.53. The number of aryl methyl sites for hydroxylation is 2. The number of carbonyl (C=O) groups is 2. The Morgan fingerprint density at radius 2 is 1.85 bits per heavy atom. The molecule has 142 valence electrons. The molecule has 6 heteroatoms. The lowest BCUT2D eigenvalue weighted by Crippen LogP contribution is -2.43. The summed E-state index contributed by atoms with van der Waals surface area (Å²) in [5.74, 6) is -0.630. The molecule has 3 rings (SSSR count). The molecule has 0 radical (unpaired) electrons. The average molecular weight is 387 g/mol. The van der Waals surface area contributed by atoms with Crippen molar-refractivity contribution in [3.63, 3.8) is 0 Å². The number of phenols is 1. The van der Waals surface area contributed by atoms with Gasteiger partial charge in [0, 0.05) is 23.7 Å². The van der Waals surface area contributed by atoms with E-state index in [-0.39, 0.29) is 29.2 Å². The fourth-order valence-corrected chi connectivity index (χ4v) is 3.67. The van der Waals surface area contributed by atoms with Gasteiger partial charge in [0.05, 0.1) is 11.6 Å². The normalized spacial score (nSPS) is 16.9. The lowest BCUT2D eigenvalue weighted by atomic mass is 9.96. The molecule has 1 heterocycles. The SMILES string of the molecule is Cc1cc(C)cc(C(=O)N2CCCC(C(=O)Nc3cc(Cl)ccc3O)C2)c1. The molecule has 1 atom stereocenters. The van der Waals surface area contributed by atoms with Crippen molar-refractivity contribution in [1.82, 2.24) is 4.90 Å². The van der Waals surface area contributed by atoms with Crippen molar-refractivity contribution in [1.29, 1.82) is 0 Å². The molecule has 2 aromatic carbocycles. The number of piperidine rings is 1. The highest BCUT2D eigenvalue weighted by Gasteiger charge is 2.29. The number of carbonyl (C=O) groups excluding carboxylic acids is 2. The van der Waals surface area contributed by atoms with Gasteiger partial charge in [0.2, 0.25) is 5.91 Å².